The molecule has 0 fully saturated rings. The molecule has 0 aliphatic heterocycles. The average molecular weight is 204 g/mol. The first-order valence-corrected chi connectivity index (χ1v) is 5.07. The number of benzene rings is 1. The van der Waals surface area contributed by atoms with Crippen LogP contribution >= 0.6 is 0 Å². The van der Waals surface area contributed by atoms with Crippen LogP contribution in [-0.2, 0) is 6.42 Å². The van der Waals surface area contributed by atoms with Crippen molar-refractivity contribution in [3.8, 4) is 11.8 Å². The van der Waals surface area contributed by atoms with Gasteiger partial charge in [-0.1, -0.05) is 42.2 Å². The molecule has 0 spiro atoms. The minimum atomic E-state index is -0.647. The first kappa shape index (κ1) is 11.8. The summed E-state index contributed by atoms with van der Waals surface area (Å²) in [6.07, 6.45) is -0.132. The van der Waals surface area contributed by atoms with E-state index in [-0.39, 0.29) is 0 Å². The molecule has 2 heteroatoms. The van der Waals surface area contributed by atoms with Gasteiger partial charge in [-0.15, -0.1) is 0 Å². The van der Waals surface area contributed by atoms with Crippen LogP contribution in [-0.4, -0.2) is 22.4 Å². The highest BCUT2D eigenvalue weighted by molar-refractivity contribution is 5.18. The quantitative estimate of drug-likeness (QED) is 0.730. The molecule has 0 aliphatic rings. The van der Waals surface area contributed by atoms with Crippen molar-refractivity contribution in [3.63, 3.8) is 0 Å². The second-order valence-electron chi connectivity index (χ2n) is 3.58. The number of aliphatic hydroxyl groups excluding tert-OH is 2. The molecule has 0 aromatic heterocycles. The molecule has 0 saturated heterocycles. The third-order valence-electron chi connectivity index (χ3n) is 1.94. The van der Waals surface area contributed by atoms with Gasteiger partial charge in [0.1, 0.15) is 6.10 Å². The lowest BCUT2D eigenvalue weighted by atomic mass is 10.1. The van der Waals surface area contributed by atoms with Gasteiger partial charge in [0.15, 0.2) is 0 Å². The molecule has 2 nitrogen and oxygen atoms in total. The van der Waals surface area contributed by atoms with Crippen LogP contribution in [0.4, 0.5) is 0 Å². The van der Waals surface area contributed by atoms with Crippen LogP contribution in [0.2, 0.25) is 0 Å². The summed E-state index contributed by atoms with van der Waals surface area (Å²) in [5.74, 6) is 5.46. The number of hydrogen-bond donors (Lipinski definition) is 2. The zero-order chi connectivity index (χ0) is 11.1. The maximum absolute atomic E-state index is 9.56. The molecular formula is C13H16O2. The lowest BCUT2D eigenvalue weighted by Crippen LogP contribution is -2.07. The topological polar surface area (TPSA) is 40.5 Å². The van der Waals surface area contributed by atoms with Crippen molar-refractivity contribution in [3.05, 3.63) is 35.9 Å². The Morgan fingerprint density at radius 3 is 2.47 bits per heavy atom. The monoisotopic (exact) mass is 204 g/mol. The van der Waals surface area contributed by atoms with E-state index in [1.54, 1.807) is 6.92 Å². The van der Waals surface area contributed by atoms with E-state index in [2.05, 4.69) is 11.8 Å². The van der Waals surface area contributed by atoms with Gasteiger partial charge in [0, 0.05) is 12.8 Å². The highest BCUT2D eigenvalue weighted by atomic mass is 16.3. The van der Waals surface area contributed by atoms with Crippen LogP contribution in [0.3, 0.4) is 0 Å². The van der Waals surface area contributed by atoms with E-state index in [0.29, 0.717) is 12.8 Å². The molecule has 0 heterocycles. The van der Waals surface area contributed by atoms with Crippen molar-refractivity contribution in [1.29, 1.82) is 0 Å². The van der Waals surface area contributed by atoms with Crippen LogP contribution in [0.1, 0.15) is 18.9 Å². The van der Waals surface area contributed by atoms with Crippen molar-refractivity contribution < 1.29 is 10.2 Å². The number of hydrogen-bond acceptors (Lipinski definition) is 2. The first-order valence-electron chi connectivity index (χ1n) is 5.07. The standard InChI is InChI=1S/C13H16O2/c1-11(14)6-5-9-13(15)10-12-7-3-2-4-8-12/h2-4,7-8,11,13-15H,6,10H2,1H3. The van der Waals surface area contributed by atoms with Gasteiger partial charge in [-0.25, -0.2) is 0 Å². The molecule has 15 heavy (non-hydrogen) atoms. The molecule has 0 aliphatic carbocycles. The van der Waals surface area contributed by atoms with E-state index in [4.69, 9.17) is 5.11 Å². The highest BCUT2D eigenvalue weighted by Gasteiger charge is 2.00. The van der Waals surface area contributed by atoms with E-state index in [0.717, 1.165) is 5.56 Å². The lowest BCUT2D eigenvalue weighted by molar-refractivity contribution is 0.200. The third-order valence-corrected chi connectivity index (χ3v) is 1.94. The van der Waals surface area contributed by atoms with Crippen LogP contribution in [0.15, 0.2) is 30.3 Å². The minimum Gasteiger partial charge on any atom is -0.392 e. The second-order valence-corrected chi connectivity index (χ2v) is 3.58. The fourth-order valence-corrected chi connectivity index (χ4v) is 1.21. The summed E-state index contributed by atoms with van der Waals surface area (Å²) < 4.78 is 0. The van der Waals surface area contributed by atoms with E-state index >= 15 is 0 Å². The Morgan fingerprint density at radius 1 is 1.20 bits per heavy atom. The van der Waals surface area contributed by atoms with Gasteiger partial charge in [-0.2, -0.15) is 0 Å². The lowest BCUT2D eigenvalue weighted by Gasteiger charge is -2.02. The third kappa shape index (κ3) is 5.21. The second kappa shape index (κ2) is 6.23. The average Bonchev–Trinajstić information content (AvgIpc) is 2.18. The Morgan fingerprint density at radius 2 is 1.87 bits per heavy atom. The Hall–Kier alpha value is -1.30. The summed E-state index contributed by atoms with van der Waals surface area (Å²) in [6, 6.07) is 9.73. The predicted octanol–water partition coefficient (Wildman–Crippen LogP) is 1.36. The van der Waals surface area contributed by atoms with Crippen LogP contribution in [0, 0.1) is 11.8 Å². The van der Waals surface area contributed by atoms with Gasteiger partial charge < -0.3 is 10.2 Å². The SMILES string of the molecule is CC(O)CC#CC(O)Cc1ccccc1. The minimum absolute atomic E-state index is 0.409. The maximum Gasteiger partial charge on any atom is 0.118 e. The van der Waals surface area contributed by atoms with Crippen molar-refractivity contribution in [2.75, 3.05) is 0 Å². The smallest absolute Gasteiger partial charge is 0.118 e. The molecule has 1 rings (SSSR count). The highest BCUT2D eigenvalue weighted by Crippen LogP contribution is 2.02. The number of aliphatic hydroxyl groups is 2. The molecule has 1 aromatic carbocycles. The molecule has 0 saturated carbocycles. The molecular weight excluding hydrogens is 188 g/mol. The van der Waals surface area contributed by atoms with E-state index in [1.807, 2.05) is 30.3 Å². The van der Waals surface area contributed by atoms with Crippen molar-refractivity contribution in [2.45, 2.75) is 32.0 Å². The summed E-state index contributed by atoms with van der Waals surface area (Å²) in [7, 11) is 0. The Balaban J connectivity index is 2.41. The van der Waals surface area contributed by atoms with Crippen LogP contribution in [0.5, 0.6) is 0 Å². The summed E-state index contributed by atoms with van der Waals surface area (Å²) in [4.78, 5) is 0. The molecule has 0 amide bonds. The van der Waals surface area contributed by atoms with E-state index in [9.17, 15) is 5.11 Å². The Labute approximate surface area is 90.6 Å². The predicted molar refractivity (Wildman–Crippen MR) is 60.2 cm³/mol. The van der Waals surface area contributed by atoms with Gasteiger partial charge in [0.05, 0.1) is 6.10 Å². The van der Waals surface area contributed by atoms with Crippen molar-refractivity contribution in [1.82, 2.24) is 0 Å². The molecule has 2 atom stereocenters. The molecule has 0 bridgehead atoms. The largest absolute Gasteiger partial charge is 0.392 e. The van der Waals surface area contributed by atoms with Gasteiger partial charge >= 0.3 is 0 Å². The summed E-state index contributed by atoms with van der Waals surface area (Å²) in [5.41, 5.74) is 1.07. The van der Waals surface area contributed by atoms with Gasteiger partial charge in [-0.05, 0) is 12.5 Å². The fraction of sp³-hybridized carbons (Fsp3) is 0.385. The molecule has 1 aromatic rings. The first-order chi connectivity index (χ1) is 7.18. The zero-order valence-corrected chi connectivity index (χ0v) is 8.85. The van der Waals surface area contributed by atoms with Crippen LogP contribution < -0.4 is 0 Å². The summed E-state index contributed by atoms with van der Waals surface area (Å²) >= 11 is 0. The molecule has 0 radical (unpaired) electrons. The maximum atomic E-state index is 9.56. The van der Waals surface area contributed by atoms with Gasteiger partial charge in [0.25, 0.3) is 0 Å². The zero-order valence-electron chi connectivity index (χ0n) is 8.85. The normalized spacial score (nSPS) is 13.8. The Bertz CT molecular complexity index is 333. The molecule has 2 unspecified atom stereocenters. The molecule has 80 valence electrons. The van der Waals surface area contributed by atoms with E-state index < -0.39 is 12.2 Å². The van der Waals surface area contributed by atoms with Crippen molar-refractivity contribution in [2.24, 2.45) is 0 Å². The fourth-order valence-electron chi connectivity index (χ4n) is 1.21. The van der Waals surface area contributed by atoms with Gasteiger partial charge in [-0.3, -0.25) is 0 Å². The number of rotatable bonds is 3. The van der Waals surface area contributed by atoms with E-state index in [1.165, 1.54) is 0 Å². The van der Waals surface area contributed by atoms with Crippen molar-refractivity contribution >= 4 is 0 Å². The summed E-state index contributed by atoms with van der Waals surface area (Å²) in [6.45, 7) is 1.68. The Kier molecular flexibility index (Phi) is 4.89. The molecule has 2 N–H and O–H groups in total. The summed E-state index contributed by atoms with van der Waals surface area (Å²) in [5, 5.41) is 18.5. The van der Waals surface area contributed by atoms with Crippen LogP contribution in [0.25, 0.3) is 0 Å². The van der Waals surface area contributed by atoms with Gasteiger partial charge in [0.2, 0.25) is 0 Å².